The Balaban J connectivity index is 1.90. The fourth-order valence-corrected chi connectivity index (χ4v) is 3.09. The Bertz CT molecular complexity index is 704. The highest BCUT2D eigenvalue weighted by molar-refractivity contribution is 7.80. The summed E-state index contributed by atoms with van der Waals surface area (Å²) in [6, 6.07) is 8.16. The fraction of sp³-hybridized carbons (Fsp3) is 0.333. The van der Waals surface area contributed by atoms with Gasteiger partial charge in [0.05, 0.1) is 6.42 Å². The lowest BCUT2D eigenvalue weighted by Crippen LogP contribution is -2.71. The van der Waals surface area contributed by atoms with E-state index in [1.165, 1.54) is 10.0 Å². The number of fused-ring (bicyclic) bond motifs is 1. The molecule has 2 aliphatic heterocycles. The van der Waals surface area contributed by atoms with Crippen LogP contribution in [0.15, 0.2) is 30.3 Å². The van der Waals surface area contributed by atoms with Gasteiger partial charge in [0.15, 0.2) is 5.11 Å². The van der Waals surface area contributed by atoms with Crippen molar-refractivity contribution in [2.24, 2.45) is 0 Å². The number of thiocarbonyl (C=S) groups is 1. The van der Waals surface area contributed by atoms with Crippen LogP contribution in [0.25, 0.3) is 0 Å². The van der Waals surface area contributed by atoms with Crippen LogP contribution in [-0.4, -0.2) is 44.4 Å². The number of benzene rings is 1. The molecule has 1 aromatic rings. The molecule has 0 radical (unpaired) electrons. The zero-order valence-electron chi connectivity index (χ0n) is 12.7. The molecule has 23 heavy (non-hydrogen) atoms. The predicted molar refractivity (Wildman–Crippen MR) is 87.0 cm³/mol. The van der Waals surface area contributed by atoms with Crippen LogP contribution in [0.4, 0.5) is 5.69 Å². The lowest BCUT2D eigenvalue weighted by Gasteiger charge is -2.45. The van der Waals surface area contributed by atoms with E-state index in [1.807, 2.05) is 6.07 Å². The summed E-state index contributed by atoms with van der Waals surface area (Å²) in [5, 5.41) is 7.97. The molecule has 3 amide bonds. The Morgan fingerprint density at radius 1 is 1.30 bits per heavy atom. The first-order valence-corrected chi connectivity index (χ1v) is 7.56. The van der Waals surface area contributed by atoms with Crippen molar-refractivity contribution in [2.75, 3.05) is 5.32 Å². The number of para-hydroxylation sites is 1. The molecule has 2 aliphatic rings. The summed E-state index contributed by atoms with van der Waals surface area (Å²) in [5.74, 6) is -1.00. The molecule has 3 rings (SSSR count). The quantitative estimate of drug-likeness (QED) is 0.777. The van der Waals surface area contributed by atoms with Gasteiger partial charge < -0.3 is 5.32 Å². The molecular weight excluding hydrogens is 316 g/mol. The van der Waals surface area contributed by atoms with Crippen LogP contribution < -0.4 is 10.6 Å². The zero-order chi connectivity index (χ0) is 16.8. The molecule has 2 saturated heterocycles. The van der Waals surface area contributed by atoms with E-state index in [1.54, 1.807) is 38.1 Å². The van der Waals surface area contributed by atoms with Crippen LogP contribution in [0.2, 0.25) is 0 Å². The van der Waals surface area contributed by atoms with Gasteiger partial charge in [0.25, 0.3) is 0 Å². The SMILES string of the molecule is CC1(C)C(=O)NC(=S)N2C(=O)C[C@H](C(=O)Nc3ccccc3)N21. The van der Waals surface area contributed by atoms with Gasteiger partial charge in [-0.2, -0.15) is 5.01 Å². The van der Waals surface area contributed by atoms with Gasteiger partial charge in [-0.15, -0.1) is 0 Å². The number of amides is 3. The van der Waals surface area contributed by atoms with Crippen LogP contribution in [-0.2, 0) is 14.4 Å². The number of carbonyl (C=O) groups is 3. The number of hydrazine groups is 1. The molecule has 0 unspecified atom stereocenters. The Morgan fingerprint density at radius 3 is 2.61 bits per heavy atom. The second kappa shape index (κ2) is 5.39. The zero-order valence-corrected chi connectivity index (χ0v) is 13.5. The minimum atomic E-state index is -1.06. The molecule has 2 N–H and O–H groups in total. The summed E-state index contributed by atoms with van der Waals surface area (Å²) in [5.41, 5.74) is -0.432. The third-order valence-corrected chi connectivity index (χ3v) is 4.28. The van der Waals surface area contributed by atoms with Crippen molar-refractivity contribution in [3.8, 4) is 0 Å². The van der Waals surface area contributed by atoms with E-state index in [4.69, 9.17) is 12.2 Å². The van der Waals surface area contributed by atoms with Crippen molar-refractivity contribution in [3.63, 3.8) is 0 Å². The number of hydrogen-bond acceptors (Lipinski definition) is 5. The Labute approximate surface area is 138 Å². The van der Waals surface area contributed by atoms with Crippen molar-refractivity contribution in [2.45, 2.75) is 31.8 Å². The minimum Gasteiger partial charge on any atom is -0.325 e. The van der Waals surface area contributed by atoms with Crippen LogP contribution in [0.5, 0.6) is 0 Å². The maximum atomic E-state index is 12.6. The topological polar surface area (TPSA) is 81.8 Å². The molecule has 1 aromatic carbocycles. The van der Waals surface area contributed by atoms with E-state index in [9.17, 15) is 14.4 Å². The molecule has 1 atom stereocenters. The average Bonchev–Trinajstić information content (AvgIpc) is 2.85. The minimum absolute atomic E-state index is 0.00864. The highest BCUT2D eigenvalue weighted by Gasteiger charge is 2.56. The fourth-order valence-electron chi connectivity index (χ4n) is 2.81. The first-order valence-electron chi connectivity index (χ1n) is 7.16. The Morgan fingerprint density at radius 2 is 1.96 bits per heavy atom. The highest BCUT2D eigenvalue weighted by atomic mass is 32.1. The smallest absolute Gasteiger partial charge is 0.248 e. The summed E-state index contributed by atoms with van der Waals surface area (Å²) >= 11 is 5.07. The van der Waals surface area contributed by atoms with Crippen molar-refractivity contribution in [1.29, 1.82) is 0 Å². The van der Waals surface area contributed by atoms with Crippen molar-refractivity contribution in [1.82, 2.24) is 15.3 Å². The Hall–Kier alpha value is -2.32. The lowest BCUT2D eigenvalue weighted by atomic mass is 10.00. The van der Waals surface area contributed by atoms with Crippen LogP contribution in [0.1, 0.15) is 20.3 Å². The van der Waals surface area contributed by atoms with Gasteiger partial charge in [-0.1, -0.05) is 18.2 Å². The number of nitrogens with zero attached hydrogens (tertiary/aromatic N) is 2. The summed E-state index contributed by atoms with van der Waals surface area (Å²) in [4.78, 5) is 37.0. The molecule has 0 spiro atoms. The summed E-state index contributed by atoms with van der Waals surface area (Å²) in [6.07, 6.45) is -0.0306. The second-order valence-corrected chi connectivity index (χ2v) is 6.33. The van der Waals surface area contributed by atoms with E-state index in [-0.39, 0.29) is 29.3 Å². The highest BCUT2D eigenvalue weighted by Crippen LogP contribution is 2.32. The van der Waals surface area contributed by atoms with E-state index in [2.05, 4.69) is 10.6 Å². The van der Waals surface area contributed by atoms with Crippen molar-refractivity contribution < 1.29 is 14.4 Å². The number of rotatable bonds is 2. The van der Waals surface area contributed by atoms with Gasteiger partial charge in [-0.05, 0) is 38.2 Å². The summed E-state index contributed by atoms with van der Waals surface area (Å²) in [7, 11) is 0. The third-order valence-electron chi connectivity index (χ3n) is 4.00. The number of hydrogen-bond donors (Lipinski definition) is 2. The maximum absolute atomic E-state index is 12.6. The molecule has 120 valence electrons. The van der Waals surface area contributed by atoms with Gasteiger partial charge in [0, 0.05) is 5.69 Å². The van der Waals surface area contributed by atoms with E-state index in [0.29, 0.717) is 5.69 Å². The molecule has 2 fully saturated rings. The molecule has 0 aromatic heterocycles. The molecule has 0 saturated carbocycles. The Kier molecular flexibility index (Phi) is 3.65. The van der Waals surface area contributed by atoms with Crippen LogP contribution in [0, 0.1) is 0 Å². The van der Waals surface area contributed by atoms with E-state index in [0.717, 1.165) is 0 Å². The number of nitrogens with one attached hydrogen (secondary N) is 2. The summed E-state index contributed by atoms with van der Waals surface area (Å²) < 4.78 is 0. The lowest BCUT2D eigenvalue weighted by molar-refractivity contribution is -0.154. The molecule has 0 bridgehead atoms. The normalized spacial score (nSPS) is 23.5. The predicted octanol–water partition coefficient (Wildman–Crippen LogP) is 0.636. The average molecular weight is 332 g/mol. The third kappa shape index (κ3) is 2.49. The second-order valence-electron chi connectivity index (χ2n) is 5.94. The van der Waals surface area contributed by atoms with E-state index < -0.39 is 11.6 Å². The number of carbonyl (C=O) groups excluding carboxylic acids is 3. The first-order chi connectivity index (χ1) is 10.8. The summed E-state index contributed by atoms with van der Waals surface area (Å²) in [6.45, 7) is 3.30. The van der Waals surface area contributed by atoms with Gasteiger partial charge in [0.2, 0.25) is 17.7 Å². The monoisotopic (exact) mass is 332 g/mol. The first kappa shape index (κ1) is 15.6. The van der Waals surface area contributed by atoms with Crippen molar-refractivity contribution >= 4 is 40.7 Å². The largest absolute Gasteiger partial charge is 0.325 e. The standard InChI is InChI=1S/C15H16N4O3S/c1-15(2)13(22)17-14(23)18-11(20)8-10(19(15)18)12(21)16-9-6-4-3-5-7-9/h3-7,10H,8H2,1-2H3,(H,16,21)(H,17,22,23)/t10-/m1/s1. The van der Waals surface area contributed by atoms with Gasteiger partial charge in [-0.25, -0.2) is 5.01 Å². The molecule has 7 nitrogen and oxygen atoms in total. The number of anilines is 1. The van der Waals surface area contributed by atoms with Gasteiger partial charge in [-0.3, -0.25) is 19.7 Å². The van der Waals surface area contributed by atoms with Gasteiger partial charge in [0.1, 0.15) is 11.6 Å². The maximum Gasteiger partial charge on any atom is 0.248 e. The van der Waals surface area contributed by atoms with Crippen molar-refractivity contribution in [3.05, 3.63) is 30.3 Å². The van der Waals surface area contributed by atoms with Crippen LogP contribution >= 0.6 is 12.2 Å². The molecule has 0 aliphatic carbocycles. The molecule has 8 heteroatoms. The molecular formula is C15H16N4O3S. The van der Waals surface area contributed by atoms with E-state index >= 15 is 0 Å². The van der Waals surface area contributed by atoms with Crippen LogP contribution in [0.3, 0.4) is 0 Å². The van der Waals surface area contributed by atoms with Gasteiger partial charge >= 0.3 is 0 Å². The molecule has 2 heterocycles.